The van der Waals surface area contributed by atoms with Crippen LogP contribution in [0.1, 0.15) is 5.56 Å². The number of nitrogens with two attached hydrogens (primary N) is 1. The molecule has 0 aliphatic carbocycles. The molecule has 0 heterocycles. The van der Waals surface area contributed by atoms with E-state index in [9.17, 15) is 17.2 Å². The number of hydrogen-bond donors (Lipinski definition) is 2. The Balaban J connectivity index is 0.000000222. The molecule has 0 amide bonds. The van der Waals surface area contributed by atoms with E-state index in [0.717, 1.165) is 0 Å². The number of halogens is 2. The smallest absolute Gasteiger partial charge is 0.187 e. The molecule has 0 aromatic heterocycles. The average molecular weight is 582 g/mol. The fourth-order valence-electron chi connectivity index (χ4n) is 3.34. The largest absolute Gasteiger partial charge is 0.409 e. The third-order valence-corrected chi connectivity index (χ3v) is 8.71. The number of oxime groups is 1. The standard InChI is InChI=1S/C14H14FN3O2S.C14H11FN2OS/c1-21(20,13-5-3-2-4-12(13)15)18-11-8-6-10(7-9-11)14(16)17-19;1-16-11-7-9-12(10-8-11)17-19(2,18)14-6-4-3-5-13(14)15/h2-9,19H,1H3,(H2,16,17);3-10H,2H3. The van der Waals surface area contributed by atoms with Gasteiger partial charge in [0.1, 0.15) is 11.6 Å². The Morgan fingerprint density at radius 3 is 1.52 bits per heavy atom. The van der Waals surface area contributed by atoms with Crippen LogP contribution in [0.4, 0.5) is 25.8 Å². The van der Waals surface area contributed by atoms with Crippen molar-refractivity contribution in [3.8, 4) is 0 Å². The Bertz CT molecular complexity index is 1820. The molecule has 4 aromatic carbocycles. The summed E-state index contributed by atoms with van der Waals surface area (Å²) in [6, 6.07) is 24.4. The normalized spacial score (nSPS) is 13.9. The van der Waals surface area contributed by atoms with Crippen molar-refractivity contribution in [1.29, 1.82) is 0 Å². The molecule has 4 rings (SSSR count). The van der Waals surface area contributed by atoms with Gasteiger partial charge in [-0.1, -0.05) is 41.6 Å². The Morgan fingerprint density at radius 2 is 1.15 bits per heavy atom. The Morgan fingerprint density at radius 1 is 0.750 bits per heavy atom. The van der Waals surface area contributed by atoms with E-state index in [2.05, 4.69) is 18.7 Å². The molecule has 3 N–H and O–H groups in total. The van der Waals surface area contributed by atoms with Crippen molar-refractivity contribution < 1.29 is 22.4 Å². The maximum Gasteiger partial charge on any atom is 0.187 e. The van der Waals surface area contributed by atoms with E-state index in [1.165, 1.54) is 42.8 Å². The van der Waals surface area contributed by atoms with Gasteiger partial charge in [-0.15, -0.1) is 0 Å². The topological polar surface area (TPSA) is 122 Å². The van der Waals surface area contributed by atoms with Crippen molar-refractivity contribution in [2.45, 2.75) is 9.79 Å². The number of amidine groups is 1. The summed E-state index contributed by atoms with van der Waals surface area (Å²) in [5.74, 6) is -1.12. The molecule has 0 spiro atoms. The second-order valence-electron chi connectivity index (χ2n) is 8.31. The summed E-state index contributed by atoms with van der Waals surface area (Å²) in [6.07, 6.45) is 2.77. The molecule has 40 heavy (non-hydrogen) atoms. The fourth-order valence-corrected chi connectivity index (χ4v) is 6.11. The van der Waals surface area contributed by atoms with Crippen LogP contribution in [-0.2, 0) is 19.5 Å². The molecule has 2 atom stereocenters. The zero-order valence-corrected chi connectivity index (χ0v) is 23.1. The van der Waals surface area contributed by atoms with E-state index >= 15 is 0 Å². The van der Waals surface area contributed by atoms with Crippen LogP contribution in [0.3, 0.4) is 0 Å². The minimum absolute atomic E-state index is 0.0344. The van der Waals surface area contributed by atoms with Gasteiger partial charge in [-0.2, -0.15) is 8.73 Å². The van der Waals surface area contributed by atoms with Crippen LogP contribution in [0.25, 0.3) is 4.85 Å². The molecule has 0 saturated carbocycles. The second kappa shape index (κ2) is 13.0. The lowest BCUT2D eigenvalue weighted by Gasteiger charge is -2.06. The van der Waals surface area contributed by atoms with Crippen LogP contribution in [0.5, 0.6) is 0 Å². The van der Waals surface area contributed by atoms with Crippen LogP contribution in [-0.4, -0.2) is 32.0 Å². The van der Waals surface area contributed by atoms with Crippen molar-refractivity contribution in [2.24, 2.45) is 19.6 Å². The lowest BCUT2D eigenvalue weighted by molar-refractivity contribution is 0.318. The van der Waals surface area contributed by atoms with Gasteiger partial charge in [-0.3, -0.25) is 0 Å². The van der Waals surface area contributed by atoms with E-state index in [1.54, 1.807) is 66.7 Å². The molecular weight excluding hydrogens is 556 g/mol. The zero-order valence-electron chi connectivity index (χ0n) is 21.4. The summed E-state index contributed by atoms with van der Waals surface area (Å²) < 4.78 is 60.5. The van der Waals surface area contributed by atoms with Gasteiger partial charge in [0.2, 0.25) is 0 Å². The molecule has 4 aromatic rings. The van der Waals surface area contributed by atoms with Gasteiger partial charge in [0.05, 0.1) is 47.2 Å². The number of hydrogen-bond acceptors (Lipinski definition) is 6. The SMILES string of the molecule is CS(=O)(=Nc1ccc(/C(N)=N/O)cc1)c1ccccc1F.[C-]#[N+]c1ccc(N=S(C)(=O)c2ccccc2F)cc1. The molecular formula is C28H25F2N5O3S2. The monoisotopic (exact) mass is 581 g/mol. The zero-order chi connectivity index (χ0) is 29.3. The Kier molecular flexibility index (Phi) is 9.71. The minimum Gasteiger partial charge on any atom is -0.409 e. The Labute approximate surface area is 232 Å². The molecule has 0 bridgehead atoms. The van der Waals surface area contributed by atoms with Crippen LogP contribution < -0.4 is 5.73 Å². The van der Waals surface area contributed by atoms with Gasteiger partial charge >= 0.3 is 0 Å². The number of benzene rings is 4. The van der Waals surface area contributed by atoms with Gasteiger partial charge in [-0.25, -0.2) is 22.0 Å². The van der Waals surface area contributed by atoms with E-state index in [0.29, 0.717) is 22.6 Å². The third-order valence-electron chi connectivity index (χ3n) is 5.30. The van der Waals surface area contributed by atoms with Gasteiger partial charge in [0.15, 0.2) is 11.5 Å². The average Bonchev–Trinajstić information content (AvgIpc) is 2.93. The first-order valence-electron chi connectivity index (χ1n) is 11.5. The van der Waals surface area contributed by atoms with Gasteiger partial charge < -0.3 is 10.9 Å². The number of nitrogens with zero attached hydrogens (tertiary/aromatic N) is 4. The molecule has 0 fully saturated rings. The highest BCUT2D eigenvalue weighted by atomic mass is 32.2. The third kappa shape index (κ3) is 7.72. The molecule has 0 aliphatic heterocycles. The minimum atomic E-state index is -2.89. The van der Waals surface area contributed by atoms with Crippen molar-refractivity contribution in [3.05, 3.63) is 126 Å². The first-order valence-corrected chi connectivity index (χ1v) is 15.3. The van der Waals surface area contributed by atoms with Crippen molar-refractivity contribution in [3.63, 3.8) is 0 Å². The quantitative estimate of drug-likeness (QED) is 0.0878. The van der Waals surface area contributed by atoms with Gasteiger partial charge in [0.25, 0.3) is 0 Å². The predicted octanol–water partition coefficient (Wildman–Crippen LogP) is 6.87. The van der Waals surface area contributed by atoms with Crippen molar-refractivity contribution in [2.75, 3.05) is 12.5 Å². The van der Waals surface area contributed by atoms with Gasteiger partial charge in [0, 0.05) is 18.1 Å². The summed E-state index contributed by atoms with van der Waals surface area (Å²) in [4.78, 5) is 3.41. The molecule has 206 valence electrons. The highest BCUT2D eigenvalue weighted by Crippen LogP contribution is 2.24. The first kappa shape index (κ1) is 29.9. The maximum absolute atomic E-state index is 13.7. The lowest BCUT2D eigenvalue weighted by atomic mass is 10.2. The summed E-state index contributed by atoms with van der Waals surface area (Å²) in [6.45, 7) is 6.85. The van der Waals surface area contributed by atoms with Gasteiger partial charge in [-0.05, 0) is 60.7 Å². The summed E-state index contributed by atoms with van der Waals surface area (Å²) in [5, 5.41) is 11.5. The van der Waals surface area contributed by atoms with E-state index < -0.39 is 31.1 Å². The molecule has 8 nitrogen and oxygen atoms in total. The van der Waals surface area contributed by atoms with E-state index in [1.807, 2.05) is 0 Å². The number of rotatable bonds is 5. The van der Waals surface area contributed by atoms with Crippen LogP contribution in [0.2, 0.25) is 0 Å². The highest BCUT2D eigenvalue weighted by molar-refractivity contribution is 7.93. The maximum atomic E-state index is 13.7. The predicted molar refractivity (Wildman–Crippen MR) is 153 cm³/mol. The molecule has 12 heteroatoms. The van der Waals surface area contributed by atoms with Crippen molar-refractivity contribution >= 4 is 42.4 Å². The summed E-state index contributed by atoms with van der Waals surface area (Å²) in [7, 11) is -5.73. The second-order valence-corrected chi connectivity index (χ2v) is 12.8. The molecule has 0 saturated heterocycles. The fraction of sp³-hybridized carbons (Fsp3) is 0.0714. The highest BCUT2D eigenvalue weighted by Gasteiger charge is 2.12. The van der Waals surface area contributed by atoms with E-state index in [-0.39, 0.29) is 15.6 Å². The summed E-state index contributed by atoms with van der Waals surface area (Å²) >= 11 is 0. The van der Waals surface area contributed by atoms with Crippen molar-refractivity contribution in [1.82, 2.24) is 0 Å². The molecule has 2 unspecified atom stereocenters. The molecule has 0 radical (unpaired) electrons. The van der Waals surface area contributed by atoms with Crippen LogP contribution in [0, 0.1) is 18.2 Å². The Hall–Kier alpha value is -4.60. The summed E-state index contributed by atoms with van der Waals surface area (Å²) in [5.41, 5.74) is 7.31. The van der Waals surface area contributed by atoms with E-state index in [4.69, 9.17) is 17.5 Å². The first-order chi connectivity index (χ1) is 19.0. The molecule has 0 aliphatic rings. The van der Waals surface area contributed by atoms with Crippen LogP contribution >= 0.6 is 0 Å². The van der Waals surface area contributed by atoms with Crippen LogP contribution in [0.15, 0.2) is 121 Å². The lowest BCUT2D eigenvalue weighted by Crippen LogP contribution is -2.12.